The van der Waals surface area contributed by atoms with Crippen molar-refractivity contribution in [3.63, 3.8) is 0 Å². The van der Waals surface area contributed by atoms with Crippen molar-refractivity contribution in [2.45, 2.75) is 25.4 Å². The number of amides is 3. The fourth-order valence-electron chi connectivity index (χ4n) is 2.62. The number of nitrogens with zero attached hydrogens (tertiary/aromatic N) is 1. The van der Waals surface area contributed by atoms with Gasteiger partial charge >= 0.3 is 0 Å². The number of benzene rings is 2. The molecule has 2 aromatic carbocycles. The number of primary amides is 1. The topological polar surface area (TPSA) is 105 Å². The molecule has 0 aliphatic heterocycles. The molecule has 2 rings (SSSR count). The Balaban J connectivity index is 2.01. The van der Waals surface area contributed by atoms with Gasteiger partial charge in [-0.2, -0.15) is 0 Å². The van der Waals surface area contributed by atoms with Crippen molar-refractivity contribution in [3.05, 3.63) is 64.7 Å². The summed E-state index contributed by atoms with van der Waals surface area (Å²) in [6.07, 6.45) is 0.0938. The number of anilines is 1. The number of hydrogen-bond donors (Lipinski definition) is 3. The van der Waals surface area contributed by atoms with E-state index in [2.05, 4.69) is 10.6 Å². The molecule has 2 aromatic rings. The number of nitrogens with two attached hydrogens (primary N) is 1. The molecule has 0 aliphatic carbocycles. The van der Waals surface area contributed by atoms with Crippen LogP contribution >= 0.6 is 11.6 Å². The van der Waals surface area contributed by atoms with E-state index in [9.17, 15) is 14.4 Å². The maximum absolute atomic E-state index is 12.6. The minimum atomic E-state index is -0.883. The summed E-state index contributed by atoms with van der Waals surface area (Å²) >= 11 is 5.83. The van der Waals surface area contributed by atoms with Crippen LogP contribution in [-0.4, -0.2) is 37.9 Å². The Bertz CT molecular complexity index is 851. The first-order valence-electron chi connectivity index (χ1n) is 9.15. The molecule has 0 fully saturated rings. The van der Waals surface area contributed by atoms with Gasteiger partial charge in [0.2, 0.25) is 11.8 Å². The van der Waals surface area contributed by atoms with Gasteiger partial charge in [0, 0.05) is 43.3 Å². The SMILES string of the molecule is CN(C)c1ccc(CNC(=O)C(CCC(N)=O)NC(=O)c2ccc(Cl)cc2)cc1. The Hall–Kier alpha value is -3.06. The zero-order chi connectivity index (χ0) is 21.4. The van der Waals surface area contributed by atoms with Gasteiger partial charge in [0.25, 0.3) is 5.91 Å². The molecule has 1 atom stereocenters. The molecule has 0 spiro atoms. The van der Waals surface area contributed by atoms with Gasteiger partial charge in [0.15, 0.2) is 0 Å². The monoisotopic (exact) mass is 416 g/mol. The molecule has 4 N–H and O–H groups in total. The van der Waals surface area contributed by atoms with E-state index in [1.165, 1.54) is 0 Å². The van der Waals surface area contributed by atoms with Gasteiger partial charge in [-0.3, -0.25) is 14.4 Å². The molecule has 29 heavy (non-hydrogen) atoms. The van der Waals surface area contributed by atoms with Gasteiger partial charge < -0.3 is 21.3 Å². The van der Waals surface area contributed by atoms with Gasteiger partial charge in [-0.05, 0) is 48.4 Å². The second-order valence-corrected chi connectivity index (χ2v) is 7.25. The molecule has 3 amide bonds. The van der Waals surface area contributed by atoms with Gasteiger partial charge in [-0.1, -0.05) is 23.7 Å². The van der Waals surface area contributed by atoms with Crippen molar-refractivity contribution in [1.29, 1.82) is 0 Å². The molecular weight excluding hydrogens is 392 g/mol. The van der Waals surface area contributed by atoms with Crippen LogP contribution in [0.1, 0.15) is 28.8 Å². The normalized spacial score (nSPS) is 11.4. The van der Waals surface area contributed by atoms with Crippen molar-refractivity contribution in [2.24, 2.45) is 5.73 Å². The van der Waals surface area contributed by atoms with E-state index in [0.717, 1.165) is 11.3 Å². The highest BCUT2D eigenvalue weighted by atomic mass is 35.5. The zero-order valence-electron chi connectivity index (χ0n) is 16.4. The third-order valence-electron chi connectivity index (χ3n) is 4.33. The largest absolute Gasteiger partial charge is 0.378 e. The number of hydrogen-bond acceptors (Lipinski definition) is 4. The molecule has 154 valence electrons. The van der Waals surface area contributed by atoms with Crippen LogP contribution < -0.4 is 21.3 Å². The van der Waals surface area contributed by atoms with Crippen molar-refractivity contribution >= 4 is 35.0 Å². The number of halogens is 1. The summed E-state index contributed by atoms with van der Waals surface area (Å²) in [6, 6.07) is 13.2. The summed E-state index contributed by atoms with van der Waals surface area (Å²) in [6.45, 7) is 0.302. The fourth-order valence-corrected chi connectivity index (χ4v) is 2.75. The van der Waals surface area contributed by atoms with Crippen LogP contribution in [0, 0.1) is 0 Å². The number of carbonyl (C=O) groups is 3. The smallest absolute Gasteiger partial charge is 0.251 e. The Morgan fingerprint density at radius 3 is 2.21 bits per heavy atom. The highest BCUT2D eigenvalue weighted by molar-refractivity contribution is 6.30. The van der Waals surface area contributed by atoms with E-state index in [0.29, 0.717) is 17.1 Å². The van der Waals surface area contributed by atoms with Crippen LogP contribution in [0.15, 0.2) is 48.5 Å². The van der Waals surface area contributed by atoms with Crippen molar-refractivity contribution in [1.82, 2.24) is 10.6 Å². The van der Waals surface area contributed by atoms with Crippen LogP contribution in [0.5, 0.6) is 0 Å². The van der Waals surface area contributed by atoms with Gasteiger partial charge in [0.1, 0.15) is 6.04 Å². The summed E-state index contributed by atoms with van der Waals surface area (Å²) < 4.78 is 0. The van der Waals surface area contributed by atoms with E-state index in [1.54, 1.807) is 24.3 Å². The predicted molar refractivity (Wildman–Crippen MR) is 114 cm³/mol. The summed E-state index contributed by atoms with van der Waals surface area (Å²) in [5.41, 5.74) is 7.54. The van der Waals surface area contributed by atoms with E-state index in [1.807, 2.05) is 43.3 Å². The maximum atomic E-state index is 12.6. The van der Waals surface area contributed by atoms with Gasteiger partial charge in [-0.15, -0.1) is 0 Å². The second-order valence-electron chi connectivity index (χ2n) is 6.82. The number of nitrogens with one attached hydrogen (secondary N) is 2. The lowest BCUT2D eigenvalue weighted by atomic mass is 10.1. The van der Waals surface area contributed by atoms with E-state index in [4.69, 9.17) is 17.3 Å². The van der Waals surface area contributed by atoms with E-state index in [-0.39, 0.29) is 18.7 Å². The lowest BCUT2D eigenvalue weighted by Crippen LogP contribution is -2.47. The molecule has 7 nitrogen and oxygen atoms in total. The van der Waals surface area contributed by atoms with Crippen LogP contribution in [0.25, 0.3) is 0 Å². The van der Waals surface area contributed by atoms with Crippen LogP contribution in [-0.2, 0) is 16.1 Å². The summed E-state index contributed by atoms with van der Waals surface area (Å²) in [7, 11) is 3.90. The molecule has 8 heteroatoms. The predicted octanol–water partition coefficient (Wildman–Crippen LogP) is 2.09. The standard InChI is InChI=1S/C21H25ClN4O3/c1-26(2)17-9-3-14(4-10-17)13-24-21(29)18(11-12-19(23)27)25-20(28)15-5-7-16(22)8-6-15/h3-10,18H,11-13H2,1-2H3,(H2,23,27)(H,24,29)(H,25,28). The first kappa shape index (κ1) is 22.2. The lowest BCUT2D eigenvalue weighted by Gasteiger charge is -2.18. The maximum Gasteiger partial charge on any atom is 0.251 e. The van der Waals surface area contributed by atoms with Crippen molar-refractivity contribution in [3.8, 4) is 0 Å². The second kappa shape index (κ2) is 10.5. The molecule has 0 saturated heterocycles. The van der Waals surface area contributed by atoms with E-state index >= 15 is 0 Å². The Morgan fingerprint density at radius 2 is 1.66 bits per heavy atom. The Morgan fingerprint density at radius 1 is 1.03 bits per heavy atom. The molecule has 1 unspecified atom stereocenters. The van der Waals surface area contributed by atoms with Gasteiger partial charge in [0.05, 0.1) is 0 Å². The average Bonchev–Trinajstić information content (AvgIpc) is 2.69. The Kier molecular flexibility index (Phi) is 8.03. The highest BCUT2D eigenvalue weighted by Crippen LogP contribution is 2.13. The van der Waals surface area contributed by atoms with Crippen molar-refractivity contribution in [2.75, 3.05) is 19.0 Å². The molecular formula is C21H25ClN4O3. The van der Waals surface area contributed by atoms with Crippen LogP contribution in [0.3, 0.4) is 0 Å². The number of rotatable bonds is 9. The third kappa shape index (κ3) is 7.12. The Labute approximate surface area is 175 Å². The van der Waals surface area contributed by atoms with Crippen molar-refractivity contribution < 1.29 is 14.4 Å². The molecule has 0 radical (unpaired) electrons. The summed E-state index contributed by atoms with van der Waals surface area (Å²) in [5, 5.41) is 5.96. The fraction of sp³-hybridized carbons (Fsp3) is 0.286. The van der Waals surface area contributed by atoms with E-state index < -0.39 is 17.9 Å². The number of carbonyl (C=O) groups excluding carboxylic acids is 3. The summed E-state index contributed by atoms with van der Waals surface area (Å²) in [5.74, 6) is -1.35. The lowest BCUT2D eigenvalue weighted by molar-refractivity contribution is -0.123. The minimum Gasteiger partial charge on any atom is -0.378 e. The van der Waals surface area contributed by atoms with Gasteiger partial charge in [-0.25, -0.2) is 0 Å². The minimum absolute atomic E-state index is 0.0173. The quantitative estimate of drug-likeness (QED) is 0.582. The molecule has 0 saturated carbocycles. The van der Waals surface area contributed by atoms with Crippen LogP contribution in [0.2, 0.25) is 5.02 Å². The molecule has 0 aliphatic rings. The zero-order valence-corrected chi connectivity index (χ0v) is 17.2. The first-order chi connectivity index (χ1) is 13.8. The first-order valence-corrected chi connectivity index (χ1v) is 9.53. The van der Waals surface area contributed by atoms with Crippen LogP contribution in [0.4, 0.5) is 5.69 Å². The molecule has 0 heterocycles. The summed E-state index contributed by atoms with van der Waals surface area (Å²) in [4.78, 5) is 38.2. The molecule has 0 bridgehead atoms. The third-order valence-corrected chi connectivity index (χ3v) is 4.58. The average molecular weight is 417 g/mol. The highest BCUT2D eigenvalue weighted by Gasteiger charge is 2.22. The molecule has 0 aromatic heterocycles.